The Morgan fingerprint density at radius 2 is 1.61 bits per heavy atom. The van der Waals surface area contributed by atoms with Gasteiger partial charge in [0, 0.05) is 11.7 Å². The minimum Gasteiger partial charge on any atom is -0.382 e. The Balaban J connectivity index is 2.04. The molecule has 1 aromatic carbocycles. The summed E-state index contributed by atoms with van der Waals surface area (Å²) in [6.45, 7) is 4.56. The first-order valence-corrected chi connectivity index (χ1v) is 7.27. The monoisotopic (exact) mass is 243 g/mol. The van der Waals surface area contributed by atoms with Gasteiger partial charge in [-0.05, 0) is 45.1 Å². The Labute approximate surface area is 111 Å². The van der Waals surface area contributed by atoms with E-state index in [0.29, 0.717) is 6.04 Å². The highest BCUT2D eigenvalue weighted by Gasteiger charge is 2.10. The third kappa shape index (κ3) is 3.63. The molecular formula is C17H25N. The molecule has 0 saturated heterocycles. The maximum absolute atomic E-state index is 3.73. The lowest BCUT2D eigenvalue weighted by Crippen LogP contribution is -2.20. The molecule has 0 saturated carbocycles. The van der Waals surface area contributed by atoms with Gasteiger partial charge in [-0.1, -0.05) is 48.7 Å². The molecule has 1 nitrogen and oxygen atoms in total. The molecule has 0 spiro atoms. The molecule has 1 N–H and O–H groups in total. The number of nitrogens with one attached hydrogen (secondary N) is 1. The Hall–Kier alpha value is -1.24. The topological polar surface area (TPSA) is 12.0 Å². The number of allylic oxidation sites excluding steroid dienone is 2. The maximum Gasteiger partial charge on any atom is 0.0482 e. The van der Waals surface area contributed by atoms with Crippen molar-refractivity contribution < 1.29 is 0 Å². The number of rotatable bonds is 3. The van der Waals surface area contributed by atoms with Gasteiger partial charge in [-0.15, -0.1) is 0 Å². The van der Waals surface area contributed by atoms with Crippen LogP contribution in [0.3, 0.4) is 0 Å². The van der Waals surface area contributed by atoms with Crippen LogP contribution >= 0.6 is 0 Å². The third-order valence-corrected chi connectivity index (χ3v) is 3.93. The van der Waals surface area contributed by atoms with Gasteiger partial charge in [0.05, 0.1) is 0 Å². The van der Waals surface area contributed by atoms with Crippen molar-refractivity contribution in [3.8, 4) is 0 Å². The minimum absolute atomic E-state index is 0.413. The highest BCUT2D eigenvalue weighted by molar-refractivity contribution is 5.21. The summed E-state index contributed by atoms with van der Waals surface area (Å²) in [6, 6.07) is 11.1. The van der Waals surface area contributed by atoms with Crippen molar-refractivity contribution in [1.82, 2.24) is 5.32 Å². The van der Waals surface area contributed by atoms with Crippen LogP contribution in [-0.2, 0) is 0 Å². The average Bonchev–Trinajstić information content (AvgIpc) is 2.39. The summed E-state index contributed by atoms with van der Waals surface area (Å²) in [7, 11) is 0. The van der Waals surface area contributed by atoms with Gasteiger partial charge in [-0.2, -0.15) is 0 Å². The zero-order valence-electron chi connectivity index (χ0n) is 11.7. The number of hydrogen-bond acceptors (Lipinski definition) is 1. The lowest BCUT2D eigenvalue weighted by molar-refractivity contribution is 0.554. The smallest absolute Gasteiger partial charge is 0.0482 e. The van der Waals surface area contributed by atoms with Crippen molar-refractivity contribution in [2.75, 3.05) is 0 Å². The molecule has 0 aromatic heterocycles. The van der Waals surface area contributed by atoms with Gasteiger partial charge >= 0.3 is 0 Å². The first-order chi connectivity index (χ1) is 8.77. The second-order valence-electron chi connectivity index (χ2n) is 5.45. The second kappa shape index (κ2) is 6.63. The first-order valence-electron chi connectivity index (χ1n) is 7.27. The molecule has 0 heterocycles. The van der Waals surface area contributed by atoms with E-state index in [1.54, 1.807) is 5.57 Å². The van der Waals surface area contributed by atoms with E-state index in [-0.39, 0.29) is 0 Å². The van der Waals surface area contributed by atoms with Gasteiger partial charge in [0.2, 0.25) is 0 Å². The fraction of sp³-hybridized carbons (Fsp3) is 0.529. The van der Waals surface area contributed by atoms with Crippen molar-refractivity contribution in [3.63, 3.8) is 0 Å². The van der Waals surface area contributed by atoms with Crippen LogP contribution in [-0.4, -0.2) is 0 Å². The SMILES string of the molecule is C/C1=C(\N[C@@H](C)c2ccccc2)CCCCCC1. The van der Waals surface area contributed by atoms with Crippen LogP contribution in [0.5, 0.6) is 0 Å². The van der Waals surface area contributed by atoms with Crippen LogP contribution in [0.1, 0.15) is 64.0 Å². The molecule has 98 valence electrons. The summed E-state index contributed by atoms with van der Waals surface area (Å²) in [5, 5.41) is 3.73. The molecule has 18 heavy (non-hydrogen) atoms. The summed E-state index contributed by atoms with van der Waals surface area (Å²) < 4.78 is 0. The van der Waals surface area contributed by atoms with Crippen molar-refractivity contribution in [3.05, 3.63) is 47.2 Å². The van der Waals surface area contributed by atoms with Gasteiger partial charge in [0.1, 0.15) is 0 Å². The van der Waals surface area contributed by atoms with Crippen LogP contribution in [0.15, 0.2) is 41.6 Å². The predicted octanol–water partition coefficient (Wildman–Crippen LogP) is 4.97. The molecule has 1 atom stereocenters. The molecule has 0 aliphatic heterocycles. The standard InChI is InChI=1S/C17H25N/c1-14-10-6-3-4-9-13-17(14)18-15(2)16-11-7-5-8-12-16/h5,7-8,11-12,15,18H,3-4,6,9-10,13H2,1-2H3/b17-14+/t15-/m0/s1. The molecule has 0 unspecified atom stereocenters. The van der Waals surface area contributed by atoms with Crippen LogP contribution in [0.25, 0.3) is 0 Å². The van der Waals surface area contributed by atoms with Gasteiger partial charge in [-0.3, -0.25) is 0 Å². The van der Waals surface area contributed by atoms with E-state index in [9.17, 15) is 0 Å². The van der Waals surface area contributed by atoms with Crippen molar-refractivity contribution >= 4 is 0 Å². The Morgan fingerprint density at radius 1 is 0.944 bits per heavy atom. The number of hydrogen-bond donors (Lipinski definition) is 1. The zero-order chi connectivity index (χ0) is 12.8. The minimum atomic E-state index is 0.413. The highest BCUT2D eigenvalue weighted by atomic mass is 14.9. The molecule has 2 rings (SSSR count). The van der Waals surface area contributed by atoms with Gasteiger partial charge < -0.3 is 5.32 Å². The Kier molecular flexibility index (Phi) is 4.86. The van der Waals surface area contributed by atoms with Gasteiger partial charge in [0.25, 0.3) is 0 Å². The molecule has 1 aliphatic carbocycles. The Bertz CT molecular complexity index is 391. The molecule has 0 bridgehead atoms. The van der Waals surface area contributed by atoms with Crippen LogP contribution < -0.4 is 5.32 Å². The van der Waals surface area contributed by atoms with E-state index in [2.05, 4.69) is 49.5 Å². The van der Waals surface area contributed by atoms with E-state index in [1.165, 1.54) is 49.8 Å². The molecule has 0 amide bonds. The van der Waals surface area contributed by atoms with Crippen molar-refractivity contribution in [1.29, 1.82) is 0 Å². The van der Waals surface area contributed by atoms with Gasteiger partial charge in [-0.25, -0.2) is 0 Å². The second-order valence-corrected chi connectivity index (χ2v) is 5.45. The quantitative estimate of drug-likeness (QED) is 0.790. The average molecular weight is 243 g/mol. The van der Waals surface area contributed by atoms with E-state index in [1.807, 2.05) is 0 Å². The summed E-state index contributed by atoms with van der Waals surface area (Å²) in [6.07, 6.45) is 7.97. The normalized spacial score (nSPS) is 23.0. The molecular weight excluding hydrogens is 218 g/mol. The van der Waals surface area contributed by atoms with Crippen LogP contribution in [0.2, 0.25) is 0 Å². The summed E-state index contributed by atoms with van der Waals surface area (Å²) in [4.78, 5) is 0. The van der Waals surface area contributed by atoms with E-state index < -0.39 is 0 Å². The Morgan fingerprint density at radius 3 is 2.33 bits per heavy atom. The largest absolute Gasteiger partial charge is 0.382 e. The van der Waals surface area contributed by atoms with E-state index >= 15 is 0 Å². The predicted molar refractivity (Wildman–Crippen MR) is 78.4 cm³/mol. The van der Waals surface area contributed by atoms with Crippen LogP contribution in [0, 0.1) is 0 Å². The fourth-order valence-corrected chi connectivity index (χ4v) is 2.69. The highest BCUT2D eigenvalue weighted by Crippen LogP contribution is 2.23. The van der Waals surface area contributed by atoms with E-state index in [0.717, 1.165) is 0 Å². The van der Waals surface area contributed by atoms with Gasteiger partial charge in [0.15, 0.2) is 0 Å². The summed E-state index contributed by atoms with van der Waals surface area (Å²) in [5.41, 5.74) is 4.43. The van der Waals surface area contributed by atoms with Crippen molar-refractivity contribution in [2.24, 2.45) is 0 Å². The zero-order valence-corrected chi connectivity index (χ0v) is 11.7. The molecule has 1 aliphatic rings. The third-order valence-electron chi connectivity index (χ3n) is 3.93. The summed E-state index contributed by atoms with van der Waals surface area (Å²) in [5.74, 6) is 0. The first kappa shape index (κ1) is 13.2. The molecule has 1 aromatic rings. The lowest BCUT2D eigenvalue weighted by atomic mass is 9.97. The van der Waals surface area contributed by atoms with Crippen LogP contribution in [0.4, 0.5) is 0 Å². The number of benzene rings is 1. The summed E-state index contributed by atoms with van der Waals surface area (Å²) >= 11 is 0. The maximum atomic E-state index is 3.73. The van der Waals surface area contributed by atoms with E-state index in [4.69, 9.17) is 0 Å². The molecule has 0 fully saturated rings. The molecule has 0 radical (unpaired) electrons. The molecule has 1 heteroatoms. The fourth-order valence-electron chi connectivity index (χ4n) is 2.69. The lowest BCUT2D eigenvalue weighted by Gasteiger charge is -2.22. The van der Waals surface area contributed by atoms with Crippen molar-refractivity contribution in [2.45, 2.75) is 58.4 Å².